The molecule has 0 aliphatic heterocycles. The van der Waals surface area contributed by atoms with Crippen LogP contribution in [0.1, 0.15) is 25.5 Å². The first kappa shape index (κ1) is 19.3. The van der Waals surface area contributed by atoms with Crippen LogP contribution < -0.4 is 20.1 Å². The van der Waals surface area contributed by atoms with Crippen molar-refractivity contribution in [1.29, 1.82) is 0 Å². The number of anilines is 1. The van der Waals surface area contributed by atoms with E-state index in [1.807, 2.05) is 54.7 Å². The number of amides is 1. The van der Waals surface area contributed by atoms with Crippen LogP contribution in [0.3, 0.4) is 0 Å². The highest BCUT2D eigenvalue weighted by Crippen LogP contribution is 2.27. The number of rotatable bonds is 7. The lowest BCUT2D eigenvalue weighted by Gasteiger charge is -2.18. The van der Waals surface area contributed by atoms with Crippen molar-refractivity contribution in [3.63, 3.8) is 0 Å². The number of carbonyl (C=O) groups excluding carboxylic acids is 1. The third-order valence-electron chi connectivity index (χ3n) is 4.06. The highest BCUT2D eigenvalue weighted by molar-refractivity contribution is 9.10. The van der Waals surface area contributed by atoms with Crippen LogP contribution in [0.2, 0.25) is 0 Å². The first-order valence-corrected chi connectivity index (χ1v) is 8.87. The molecule has 3 N–H and O–H groups in total. The van der Waals surface area contributed by atoms with E-state index in [0.29, 0.717) is 11.4 Å². The van der Waals surface area contributed by atoms with E-state index in [9.17, 15) is 4.79 Å². The van der Waals surface area contributed by atoms with Gasteiger partial charge in [0.1, 0.15) is 17.5 Å². The molecule has 0 saturated heterocycles. The van der Waals surface area contributed by atoms with Crippen molar-refractivity contribution >= 4 is 27.5 Å². The maximum Gasteiger partial charge on any atom is 0.282 e. The second kappa shape index (κ2) is 8.87. The molecule has 1 amide bonds. The highest BCUT2D eigenvalue weighted by atomic mass is 79.9. The highest BCUT2D eigenvalue weighted by Gasteiger charge is 2.21. The Bertz CT molecular complexity index is 736. The Kier molecular flexibility index (Phi) is 6.84. The van der Waals surface area contributed by atoms with Crippen LogP contribution in [-0.2, 0) is 4.79 Å². The van der Waals surface area contributed by atoms with Gasteiger partial charge in [-0.15, -0.1) is 0 Å². The zero-order valence-electron chi connectivity index (χ0n) is 14.9. The summed E-state index contributed by atoms with van der Waals surface area (Å²) in [5.74, 6) is 1.37. The maximum atomic E-state index is 12.5. The first-order chi connectivity index (χ1) is 12.0. The quantitative estimate of drug-likeness (QED) is 0.740. The zero-order chi connectivity index (χ0) is 18.4. The normalized spacial score (nSPS) is 13.0. The molecule has 2 rings (SSSR count). The van der Waals surface area contributed by atoms with Crippen LogP contribution in [0.15, 0.2) is 46.9 Å². The lowest BCUT2D eigenvalue weighted by molar-refractivity contribution is -0.709. The second-order valence-corrected chi connectivity index (χ2v) is 6.71. The van der Waals surface area contributed by atoms with Crippen LogP contribution in [0.5, 0.6) is 11.5 Å². The first-order valence-electron chi connectivity index (χ1n) is 8.08. The Balaban J connectivity index is 2.01. The minimum atomic E-state index is -0.249. The number of benzene rings is 2. The summed E-state index contributed by atoms with van der Waals surface area (Å²) in [5, 5.41) is 4.95. The van der Waals surface area contributed by atoms with Crippen molar-refractivity contribution in [1.82, 2.24) is 0 Å². The van der Waals surface area contributed by atoms with Gasteiger partial charge in [-0.2, -0.15) is 0 Å². The molecule has 0 unspecified atom stereocenters. The van der Waals surface area contributed by atoms with Crippen LogP contribution in [0.4, 0.5) is 5.69 Å². The molecule has 0 radical (unpaired) electrons. The summed E-state index contributed by atoms with van der Waals surface area (Å²) in [4.78, 5) is 12.5. The van der Waals surface area contributed by atoms with E-state index < -0.39 is 0 Å². The van der Waals surface area contributed by atoms with E-state index in [1.54, 1.807) is 14.2 Å². The lowest BCUT2D eigenvalue weighted by atomic mass is 10.1. The lowest BCUT2D eigenvalue weighted by Crippen LogP contribution is -2.91. The standard InChI is InChI=1S/C19H23BrN2O3/c1-12(14-9-10-17(24-3)15(20)11-14)21-13(2)19(23)22-16-7-5-6-8-18(16)25-4/h5-13,21H,1-4H3,(H,22,23)/p+1/t12-,13-/m0/s1. The molecular formula is C19H24BrN2O3+. The van der Waals surface area contributed by atoms with Gasteiger partial charge in [0.05, 0.1) is 24.4 Å². The largest absolute Gasteiger partial charge is 0.496 e. The number of halogens is 1. The van der Waals surface area contributed by atoms with E-state index in [2.05, 4.69) is 28.2 Å². The van der Waals surface area contributed by atoms with Gasteiger partial charge >= 0.3 is 0 Å². The minimum Gasteiger partial charge on any atom is -0.496 e. The fraction of sp³-hybridized carbons (Fsp3) is 0.316. The van der Waals surface area contributed by atoms with Gasteiger partial charge in [0.2, 0.25) is 0 Å². The van der Waals surface area contributed by atoms with Gasteiger partial charge in [-0.25, -0.2) is 0 Å². The van der Waals surface area contributed by atoms with Crippen molar-refractivity contribution in [2.24, 2.45) is 0 Å². The monoisotopic (exact) mass is 407 g/mol. The zero-order valence-corrected chi connectivity index (χ0v) is 16.5. The van der Waals surface area contributed by atoms with Crippen molar-refractivity contribution in [2.45, 2.75) is 25.9 Å². The molecule has 2 aromatic carbocycles. The second-order valence-electron chi connectivity index (χ2n) is 5.85. The fourth-order valence-electron chi connectivity index (χ4n) is 2.59. The van der Waals surface area contributed by atoms with Crippen molar-refractivity contribution in [3.05, 3.63) is 52.5 Å². The van der Waals surface area contributed by atoms with Gasteiger partial charge in [0.25, 0.3) is 5.91 Å². The van der Waals surface area contributed by atoms with Gasteiger partial charge in [-0.05, 0) is 60.1 Å². The topological polar surface area (TPSA) is 64.2 Å². The smallest absolute Gasteiger partial charge is 0.282 e. The van der Waals surface area contributed by atoms with E-state index in [4.69, 9.17) is 9.47 Å². The predicted octanol–water partition coefficient (Wildman–Crippen LogP) is 3.12. The molecule has 134 valence electrons. The minimum absolute atomic E-state index is 0.0658. The molecule has 0 bridgehead atoms. The number of hydrogen-bond acceptors (Lipinski definition) is 3. The molecule has 0 heterocycles. The Morgan fingerprint density at radius 1 is 1.08 bits per heavy atom. The van der Waals surface area contributed by atoms with Crippen LogP contribution in [0, 0.1) is 0 Å². The van der Waals surface area contributed by atoms with E-state index >= 15 is 0 Å². The van der Waals surface area contributed by atoms with Crippen molar-refractivity contribution < 1.29 is 19.6 Å². The van der Waals surface area contributed by atoms with Crippen LogP contribution >= 0.6 is 15.9 Å². The molecule has 25 heavy (non-hydrogen) atoms. The number of methoxy groups -OCH3 is 2. The van der Waals surface area contributed by atoms with Gasteiger partial charge in [0, 0.05) is 5.56 Å². The fourth-order valence-corrected chi connectivity index (χ4v) is 3.15. The van der Waals surface area contributed by atoms with E-state index in [1.165, 1.54) is 0 Å². The third kappa shape index (κ3) is 4.96. The molecule has 2 atom stereocenters. The summed E-state index contributed by atoms with van der Waals surface area (Å²) >= 11 is 3.50. The number of para-hydroxylation sites is 2. The molecule has 0 spiro atoms. The molecule has 6 heteroatoms. The summed E-state index contributed by atoms with van der Waals surface area (Å²) < 4.78 is 11.4. The van der Waals surface area contributed by atoms with Crippen LogP contribution in [-0.4, -0.2) is 26.2 Å². The Hall–Kier alpha value is -2.05. The Labute approximate surface area is 156 Å². The molecule has 2 aromatic rings. The molecule has 0 saturated carbocycles. The molecular weight excluding hydrogens is 384 g/mol. The van der Waals surface area contributed by atoms with Crippen molar-refractivity contribution in [3.8, 4) is 11.5 Å². The predicted molar refractivity (Wildman–Crippen MR) is 102 cm³/mol. The average molecular weight is 408 g/mol. The molecule has 0 aliphatic rings. The average Bonchev–Trinajstić information content (AvgIpc) is 2.61. The number of nitrogens with one attached hydrogen (secondary N) is 1. The number of nitrogens with two attached hydrogens (primary N) is 1. The van der Waals surface area contributed by atoms with E-state index in [-0.39, 0.29) is 18.0 Å². The number of quaternary nitrogens is 1. The van der Waals surface area contributed by atoms with Gasteiger partial charge < -0.3 is 20.1 Å². The number of ether oxygens (including phenoxy) is 2. The maximum absolute atomic E-state index is 12.5. The van der Waals surface area contributed by atoms with Crippen LogP contribution in [0.25, 0.3) is 0 Å². The van der Waals surface area contributed by atoms with Gasteiger partial charge in [-0.1, -0.05) is 12.1 Å². The number of hydrogen-bond donors (Lipinski definition) is 2. The van der Waals surface area contributed by atoms with Gasteiger partial charge in [0.15, 0.2) is 6.04 Å². The Morgan fingerprint density at radius 3 is 2.40 bits per heavy atom. The SMILES string of the molecule is COc1ccc([C@H](C)[NH2+][C@@H](C)C(=O)Nc2ccccc2OC)cc1Br. The van der Waals surface area contributed by atoms with Gasteiger partial charge in [-0.3, -0.25) is 4.79 Å². The Morgan fingerprint density at radius 2 is 1.76 bits per heavy atom. The summed E-state index contributed by atoms with van der Waals surface area (Å²) in [6.45, 7) is 3.96. The molecule has 0 aliphatic carbocycles. The third-order valence-corrected chi connectivity index (χ3v) is 4.68. The summed E-state index contributed by atoms with van der Waals surface area (Å²) in [5.41, 5.74) is 1.79. The van der Waals surface area contributed by atoms with E-state index in [0.717, 1.165) is 15.8 Å². The summed E-state index contributed by atoms with van der Waals surface area (Å²) in [7, 11) is 3.23. The van der Waals surface area contributed by atoms with Crippen molar-refractivity contribution in [2.75, 3.05) is 19.5 Å². The molecule has 0 fully saturated rings. The number of carbonyl (C=O) groups is 1. The summed E-state index contributed by atoms with van der Waals surface area (Å²) in [6, 6.07) is 13.2. The molecule has 0 aromatic heterocycles. The molecule has 5 nitrogen and oxygen atoms in total. The summed E-state index contributed by atoms with van der Waals surface area (Å²) in [6.07, 6.45) is 0.